The predicted molar refractivity (Wildman–Crippen MR) is 83.6 cm³/mol. The summed E-state index contributed by atoms with van der Waals surface area (Å²) < 4.78 is 19.7. The zero-order valence-electron chi connectivity index (χ0n) is 12.0. The first kappa shape index (κ1) is 13.7. The van der Waals surface area contributed by atoms with Gasteiger partial charge >= 0.3 is 128 Å². The van der Waals surface area contributed by atoms with Crippen molar-refractivity contribution in [3.05, 3.63) is 42.5 Å². The minimum absolute atomic E-state index is 0.701. The minimum atomic E-state index is -3.34. The molecule has 3 aliphatic rings. The quantitative estimate of drug-likeness (QED) is 0.730. The summed E-state index contributed by atoms with van der Waals surface area (Å²) in [5.74, 6) is 0. The van der Waals surface area contributed by atoms with E-state index in [-0.39, 0.29) is 0 Å². The van der Waals surface area contributed by atoms with Crippen LogP contribution in [0.15, 0.2) is 42.5 Å². The molecule has 0 radical (unpaired) electrons. The summed E-state index contributed by atoms with van der Waals surface area (Å²) in [6.07, 6.45) is 0. The average Bonchev–Trinajstić information content (AvgIpc) is 2.45. The van der Waals surface area contributed by atoms with E-state index in [4.69, 9.17) is 11.3 Å². The molecule has 3 heterocycles. The van der Waals surface area contributed by atoms with Crippen molar-refractivity contribution < 1.29 is 11.3 Å². The van der Waals surface area contributed by atoms with Crippen LogP contribution in [0.25, 0.3) is 10.8 Å². The molecular formula is C16H19GeNO3. The molecule has 0 amide bonds. The maximum absolute atomic E-state index is 6.18. The summed E-state index contributed by atoms with van der Waals surface area (Å²) in [5.41, 5.74) is 0. The summed E-state index contributed by atoms with van der Waals surface area (Å²) >= 11 is -3.34. The van der Waals surface area contributed by atoms with Crippen LogP contribution >= 0.6 is 0 Å². The van der Waals surface area contributed by atoms with Crippen molar-refractivity contribution in [1.29, 1.82) is 0 Å². The van der Waals surface area contributed by atoms with Crippen LogP contribution in [0.1, 0.15) is 0 Å². The second-order valence-corrected chi connectivity index (χ2v) is 10.9. The molecule has 0 saturated carbocycles. The molecule has 2 aromatic rings. The van der Waals surface area contributed by atoms with Gasteiger partial charge in [0.1, 0.15) is 0 Å². The molecule has 0 spiro atoms. The summed E-state index contributed by atoms with van der Waals surface area (Å²) in [4.78, 5) is 2.34. The van der Waals surface area contributed by atoms with Gasteiger partial charge in [0.05, 0.1) is 0 Å². The number of fused-ring (bicyclic) bond motifs is 7. The van der Waals surface area contributed by atoms with E-state index in [0.29, 0.717) is 19.8 Å². The van der Waals surface area contributed by atoms with Gasteiger partial charge in [-0.25, -0.2) is 0 Å². The maximum atomic E-state index is 6.18. The molecule has 0 aromatic heterocycles. The molecule has 5 rings (SSSR count). The molecule has 3 fully saturated rings. The third-order valence-electron chi connectivity index (χ3n) is 4.20. The Labute approximate surface area is 128 Å². The zero-order valence-corrected chi connectivity index (χ0v) is 14.1. The first-order chi connectivity index (χ1) is 10.4. The monoisotopic (exact) mass is 347 g/mol. The molecule has 4 nitrogen and oxygen atoms in total. The van der Waals surface area contributed by atoms with Crippen LogP contribution in [0, 0.1) is 0 Å². The third kappa shape index (κ3) is 2.62. The van der Waals surface area contributed by atoms with E-state index in [2.05, 4.69) is 47.4 Å². The van der Waals surface area contributed by atoms with Gasteiger partial charge in [0.15, 0.2) is 0 Å². The second-order valence-electron chi connectivity index (χ2n) is 5.51. The second kappa shape index (κ2) is 5.70. The molecule has 110 valence electrons. The van der Waals surface area contributed by atoms with Crippen molar-refractivity contribution in [2.45, 2.75) is 0 Å². The molecule has 5 heteroatoms. The van der Waals surface area contributed by atoms with E-state index in [1.54, 1.807) is 0 Å². The van der Waals surface area contributed by atoms with Gasteiger partial charge in [-0.15, -0.1) is 0 Å². The van der Waals surface area contributed by atoms with Crippen LogP contribution in [0.4, 0.5) is 0 Å². The Morgan fingerprint density at radius 2 is 1.38 bits per heavy atom. The van der Waals surface area contributed by atoms with Crippen LogP contribution in [-0.4, -0.2) is 58.6 Å². The summed E-state index contributed by atoms with van der Waals surface area (Å²) in [7, 11) is 0. The van der Waals surface area contributed by atoms with E-state index in [1.807, 2.05) is 0 Å². The number of benzene rings is 2. The van der Waals surface area contributed by atoms with E-state index in [1.165, 1.54) is 10.8 Å². The van der Waals surface area contributed by atoms with Gasteiger partial charge in [-0.2, -0.15) is 0 Å². The van der Waals surface area contributed by atoms with Crippen LogP contribution < -0.4 is 4.40 Å². The third-order valence-corrected chi connectivity index (χ3v) is 10.0. The predicted octanol–water partition coefficient (Wildman–Crippen LogP) is 1.36. The van der Waals surface area contributed by atoms with Gasteiger partial charge < -0.3 is 0 Å². The van der Waals surface area contributed by atoms with Gasteiger partial charge in [-0.1, -0.05) is 0 Å². The first-order valence-electron chi connectivity index (χ1n) is 7.49. The van der Waals surface area contributed by atoms with E-state index >= 15 is 0 Å². The number of nitrogens with zero attached hydrogens (tertiary/aromatic N) is 1. The Kier molecular flexibility index (Phi) is 3.73. The number of hydrogen-bond acceptors (Lipinski definition) is 4. The average molecular weight is 346 g/mol. The standard InChI is InChI=1S/C16H19GeNO3/c1-2-4-15-13-16(6-5-14(15)3-1)17-19-10-7-18(8-11-20-17)9-12-21-17/h1-6,13H,7-12H2. The van der Waals surface area contributed by atoms with Crippen LogP contribution in [-0.2, 0) is 11.3 Å². The van der Waals surface area contributed by atoms with E-state index < -0.39 is 14.3 Å². The molecule has 0 aliphatic carbocycles. The Hall–Kier alpha value is -0.917. The van der Waals surface area contributed by atoms with Crippen LogP contribution in [0.2, 0.25) is 0 Å². The molecule has 3 aliphatic heterocycles. The number of rotatable bonds is 1. The molecule has 2 bridgehead atoms. The van der Waals surface area contributed by atoms with Crippen molar-refractivity contribution in [3.8, 4) is 0 Å². The first-order valence-corrected chi connectivity index (χ1v) is 11.1. The van der Waals surface area contributed by atoms with E-state index in [9.17, 15) is 0 Å². The van der Waals surface area contributed by atoms with Crippen molar-refractivity contribution >= 4 is 29.4 Å². The SMILES string of the molecule is c1ccc2c[c]([Ge]34[O]CCN(CC[O]3)CC[O]4)ccc2c1. The molecular weight excluding hydrogens is 327 g/mol. The Morgan fingerprint density at radius 3 is 2.05 bits per heavy atom. The van der Waals surface area contributed by atoms with E-state index in [0.717, 1.165) is 24.0 Å². The normalized spacial score (nSPS) is 29.8. The van der Waals surface area contributed by atoms with Crippen molar-refractivity contribution in [3.63, 3.8) is 0 Å². The van der Waals surface area contributed by atoms with Gasteiger partial charge in [0.25, 0.3) is 0 Å². The van der Waals surface area contributed by atoms with Crippen molar-refractivity contribution in [2.75, 3.05) is 39.5 Å². The molecule has 0 unspecified atom stereocenters. The summed E-state index contributed by atoms with van der Waals surface area (Å²) in [6, 6.07) is 14.8. The van der Waals surface area contributed by atoms with Crippen molar-refractivity contribution in [2.24, 2.45) is 0 Å². The van der Waals surface area contributed by atoms with Crippen LogP contribution in [0.3, 0.4) is 0 Å². The molecule has 2 aromatic carbocycles. The fourth-order valence-corrected chi connectivity index (χ4v) is 8.16. The Balaban J connectivity index is 1.76. The van der Waals surface area contributed by atoms with Crippen LogP contribution in [0.5, 0.6) is 0 Å². The fraction of sp³-hybridized carbons (Fsp3) is 0.375. The van der Waals surface area contributed by atoms with Gasteiger partial charge in [0, 0.05) is 0 Å². The Morgan fingerprint density at radius 1 is 0.762 bits per heavy atom. The number of hydrogen-bond donors (Lipinski definition) is 0. The molecule has 21 heavy (non-hydrogen) atoms. The molecule has 0 N–H and O–H groups in total. The van der Waals surface area contributed by atoms with Gasteiger partial charge in [0.2, 0.25) is 0 Å². The summed E-state index contributed by atoms with van der Waals surface area (Å²) in [5, 5.41) is 2.46. The molecule has 3 saturated heterocycles. The van der Waals surface area contributed by atoms with Gasteiger partial charge in [-0.05, 0) is 0 Å². The van der Waals surface area contributed by atoms with Gasteiger partial charge in [-0.3, -0.25) is 0 Å². The molecule has 0 atom stereocenters. The Bertz CT molecular complexity index is 622. The fourth-order valence-electron chi connectivity index (χ4n) is 3.02. The summed E-state index contributed by atoms with van der Waals surface area (Å²) in [6.45, 7) is 5.04. The van der Waals surface area contributed by atoms with Crippen molar-refractivity contribution in [1.82, 2.24) is 4.90 Å². The topological polar surface area (TPSA) is 30.9 Å². The zero-order chi connectivity index (χ0) is 14.1.